The highest BCUT2D eigenvalue weighted by Gasteiger charge is 2.33. The van der Waals surface area contributed by atoms with Gasteiger partial charge in [0.05, 0.1) is 17.2 Å². The number of aryl methyl sites for hydroxylation is 2. The van der Waals surface area contributed by atoms with Gasteiger partial charge in [0.1, 0.15) is 18.3 Å². The van der Waals surface area contributed by atoms with Crippen LogP contribution < -0.4 is 14.4 Å². The van der Waals surface area contributed by atoms with Gasteiger partial charge in [-0.3, -0.25) is 13.9 Å². The summed E-state index contributed by atoms with van der Waals surface area (Å²) >= 11 is 0. The van der Waals surface area contributed by atoms with Crippen molar-refractivity contribution < 1.29 is 22.7 Å². The van der Waals surface area contributed by atoms with Gasteiger partial charge >= 0.3 is 0 Å². The lowest BCUT2D eigenvalue weighted by Gasteiger charge is -2.33. The Morgan fingerprint density at radius 2 is 1.57 bits per heavy atom. The molecule has 0 radical (unpaired) electrons. The monoisotopic (exact) mass is 593 g/mol. The Kier molecular flexibility index (Phi) is 12.0. The largest absolute Gasteiger partial charge is 0.494 e. The van der Waals surface area contributed by atoms with Crippen molar-refractivity contribution in [2.75, 3.05) is 24.0 Å². The molecule has 0 saturated carbocycles. The molecule has 0 aliphatic heterocycles. The third-order valence-electron chi connectivity index (χ3n) is 7.14. The van der Waals surface area contributed by atoms with E-state index in [0.29, 0.717) is 31.0 Å². The van der Waals surface area contributed by atoms with Crippen LogP contribution in [0.2, 0.25) is 0 Å². The number of rotatable bonds is 15. The number of anilines is 1. The minimum absolute atomic E-state index is 0.0362. The maximum absolute atomic E-state index is 14.2. The van der Waals surface area contributed by atoms with Crippen molar-refractivity contribution in [3.05, 3.63) is 89.5 Å². The SMILES string of the molecule is CCCCNC(=O)C(CC)N(Cc1ccccc1C)C(=O)CN(c1ccc(C)cc1)S(=O)(=O)c1ccc(OCC)cc1. The third-order valence-corrected chi connectivity index (χ3v) is 8.93. The zero-order chi connectivity index (χ0) is 30.7. The van der Waals surface area contributed by atoms with Crippen LogP contribution in [0.3, 0.4) is 0 Å². The quantitative estimate of drug-likeness (QED) is 0.231. The fourth-order valence-corrected chi connectivity index (χ4v) is 6.05. The molecule has 1 atom stereocenters. The lowest BCUT2D eigenvalue weighted by atomic mass is 10.1. The minimum Gasteiger partial charge on any atom is -0.494 e. The molecule has 2 amide bonds. The number of unbranched alkanes of at least 4 members (excludes halogenated alkanes) is 1. The fraction of sp³-hybridized carbons (Fsp3) is 0.394. The fourth-order valence-electron chi connectivity index (χ4n) is 4.64. The van der Waals surface area contributed by atoms with E-state index in [1.54, 1.807) is 24.3 Å². The summed E-state index contributed by atoms with van der Waals surface area (Å²) < 4.78 is 34.7. The Hall–Kier alpha value is -3.85. The Morgan fingerprint density at radius 3 is 2.17 bits per heavy atom. The van der Waals surface area contributed by atoms with Gasteiger partial charge in [0, 0.05) is 13.1 Å². The highest BCUT2D eigenvalue weighted by molar-refractivity contribution is 7.92. The van der Waals surface area contributed by atoms with Crippen molar-refractivity contribution in [2.24, 2.45) is 0 Å². The van der Waals surface area contributed by atoms with Crippen LogP contribution in [0.25, 0.3) is 0 Å². The number of amides is 2. The van der Waals surface area contributed by atoms with Gasteiger partial charge in [-0.2, -0.15) is 0 Å². The number of nitrogens with zero attached hydrogens (tertiary/aromatic N) is 2. The highest BCUT2D eigenvalue weighted by atomic mass is 32.2. The molecule has 0 aliphatic rings. The van der Waals surface area contributed by atoms with E-state index >= 15 is 0 Å². The van der Waals surface area contributed by atoms with Crippen molar-refractivity contribution in [1.29, 1.82) is 0 Å². The molecule has 8 nitrogen and oxygen atoms in total. The van der Waals surface area contributed by atoms with E-state index in [1.165, 1.54) is 17.0 Å². The maximum atomic E-state index is 14.2. The van der Waals surface area contributed by atoms with Crippen LogP contribution in [0.5, 0.6) is 5.75 Å². The average Bonchev–Trinajstić information content (AvgIpc) is 2.97. The van der Waals surface area contributed by atoms with Gasteiger partial charge in [-0.05, 0) is 81.1 Å². The predicted molar refractivity (Wildman–Crippen MR) is 167 cm³/mol. The molecular weight excluding hydrogens is 550 g/mol. The summed E-state index contributed by atoms with van der Waals surface area (Å²) in [5.41, 5.74) is 3.19. The zero-order valence-electron chi connectivity index (χ0n) is 25.3. The Bertz CT molecular complexity index is 1420. The minimum atomic E-state index is -4.15. The van der Waals surface area contributed by atoms with E-state index in [1.807, 2.05) is 71.0 Å². The summed E-state index contributed by atoms with van der Waals surface area (Å²) in [6.07, 6.45) is 2.14. The molecule has 9 heteroatoms. The molecule has 42 heavy (non-hydrogen) atoms. The summed E-state index contributed by atoms with van der Waals surface area (Å²) in [4.78, 5) is 29.0. The molecular formula is C33H43N3O5S. The topological polar surface area (TPSA) is 96.0 Å². The number of hydrogen-bond donors (Lipinski definition) is 1. The lowest BCUT2D eigenvalue weighted by Crippen LogP contribution is -2.52. The number of nitrogens with one attached hydrogen (secondary N) is 1. The molecule has 3 rings (SSSR count). The first-order valence-electron chi connectivity index (χ1n) is 14.6. The van der Waals surface area contributed by atoms with Crippen LogP contribution in [0, 0.1) is 13.8 Å². The Balaban J connectivity index is 2.03. The third kappa shape index (κ3) is 8.35. The van der Waals surface area contributed by atoms with Crippen molar-refractivity contribution >= 4 is 27.5 Å². The van der Waals surface area contributed by atoms with Gasteiger partial charge in [-0.15, -0.1) is 0 Å². The molecule has 226 valence electrons. The number of carbonyl (C=O) groups is 2. The average molecular weight is 594 g/mol. The molecule has 0 saturated heterocycles. The molecule has 1 unspecified atom stereocenters. The molecule has 1 N–H and O–H groups in total. The van der Waals surface area contributed by atoms with Crippen LogP contribution in [-0.4, -0.2) is 50.9 Å². The van der Waals surface area contributed by atoms with Crippen LogP contribution in [0.4, 0.5) is 5.69 Å². The van der Waals surface area contributed by atoms with Crippen LogP contribution >= 0.6 is 0 Å². The molecule has 0 aliphatic carbocycles. The Labute approximate surface area is 250 Å². The Morgan fingerprint density at radius 1 is 0.905 bits per heavy atom. The van der Waals surface area contributed by atoms with Crippen LogP contribution in [-0.2, 0) is 26.2 Å². The van der Waals surface area contributed by atoms with E-state index in [4.69, 9.17) is 4.74 Å². The van der Waals surface area contributed by atoms with Gasteiger partial charge in [-0.25, -0.2) is 8.42 Å². The van der Waals surface area contributed by atoms with Gasteiger partial charge in [0.25, 0.3) is 10.0 Å². The van der Waals surface area contributed by atoms with E-state index in [2.05, 4.69) is 5.32 Å². The number of sulfonamides is 1. The first-order chi connectivity index (χ1) is 20.1. The van der Waals surface area contributed by atoms with Gasteiger partial charge in [0.2, 0.25) is 11.8 Å². The van der Waals surface area contributed by atoms with Crippen molar-refractivity contribution in [1.82, 2.24) is 10.2 Å². The second-order valence-electron chi connectivity index (χ2n) is 10.3. The summed E-state index contributed by atoms with van der Waals surface area (Å²) in [6.45, 7) is 10.3. The predicted octanol–water partition coefficient (Wildman–Crippen LogP) is 5.62. The van der Waals surface area contributed by atoms with Crippen molar-refractivity contribution in [2.45, 2.75) is 71.4 Å². The smallest absolute Gasteiger partial charge is 0.264 e. The molecule has 0 aromatic heterocycles. The maximum Gasteiger partial charge on any atom is 0.264 e. The molecule has 0 spiro atoms. The highest BCUT2D eigenvalue weighted by Crippen LogP contribution is 2.27. The van der Waals surface area contributed by atoms with Crippen LogP contribution in [0.1, 0.15) is 56.7 Å². The molecule has 3 aromatic rings. The molecule has 3 aromatic carbocycles. The molecule has 0 bridgehead atoms. The number of hydrogen-bond acceptors (Lipinski definition) is 5. The standard InChI is InChI=1S/C33H43N3O5S/c1-6-9-22-34-33(38)31(7-2)35(23-27-13-11-10-12-26(27)5)32(37)24-36(28-16-14-25(4)15-17-28)42(39,40)30-20-18-29(19-21-30)41-8-3/h10-21,31H,6-9,22-24H2,1-5H3,(H,34,38). The summed E-state index contributed by atoms with van der Waals surface area (Å²) in [6, 6.07) is 20.1. The number of ether oxygens (including phenoxy) is 1. The first kappa shape index (κ1) is 32.7. The van der Waals surface area contributed by atoms with Crippen molar-refractivity contribution in [3.8, 4) is 5.75 Å². The van der Waals surface area contributed by atoms with Gasteiger partial charge in [0.15, 0.2) is 0 Å². The zero-order valence-corrected chi connectivity index (χ0v) is 26.1. The summed E-state index contributed by atoms with van der Waals surface area (Å²) in [5.74, 6) is -0.159. The first-order valence-corrected chi connectivity index (χ1v) is 16.0. The second-order valence-corrected chi connectivity index (χ2v) is 12.1. The van der Waals surface area contributed by atoms with E-state index in [9.17, 15) is 18.0 Å². The number of carbonyl (C=O) groups excluding carboxylic acids is 2. The normalized spacial score (nSPS) is 11.9. The van der Waals surface area contributed by atoms with Gasteiger partial charge in [-0.1, -0.05) is 62.2 Å². The van der Waals surface area contributed by atoms with Crippen LogP contribution in [0.15, 0.2) is 77.7 Å². The van der Waals surface area contributed by atoms with Crippen molar-refractivity contribution in [3.63, 3.8) is 0 Å². The number of benzene rings is 3. The van der Waals surface area contributed by atoms with E-state index in [-0.39, 0.29) is 17.3 Å². The van der Waals surface area contributed by atoms with E-state index in [0.717, 1.165) is 33.8 Å². The summed E-state index contributed by atoms with van der Waals surface area (Å²) in [5, 5.41) is 2.96. The second kappa shape index (κ2) is 15.4. The molecule has 0 heterocycles. The van der Waals surface area contributed by atoms with Gasteiger partial charge < -0.3 is 15.0 Å². The van der Waals surface area contributed by atoms with E-state index < -0.39 is 28.5 Å². The summed E-state index contributed by atoms with van der Waals surface area (Å²) in [7, 11) is -4.15. The molecule has 0 fully saturated rings. The lowest BCUT2D eigenvalue weighted by molar-refractivity contribution is -0.140.